The number of hydrazine groups is 1. The molecule has 1 aliphatic heterocycles. The Hall–Kier alpha value is -1.66. The van der Waals surface area contributed by atoms with Crippen LogP contribution in [0.1, 0.15) is 25.3 Å². The molecule has 6 heteroatoms. The maximum atomic E-state index is 10.7. The van der Waals surface area contributed by atoms with Gasteiger partial charge in [-0.15, -0.1) is 0 Å². The number of hydrogen-bond acceptors (Lipinski definition) is 5. The number of nitrogen functional groups attached to an aromatic ring is 1. The molecule has 0 spiro atoms. The molecule has 0 radical (unpaired) electrons. The van der Waals surface area contributed by atoms with Gasteiger partial charge in [-0.1, -0.05) is 13.0 Å². The summed E-state index contributed by atoms with van der Waals surface area (Å²) in [5.41, 5.74) is 13.2. The van der Waals surface area contributed by atoms with Crippen LogP contribution >= 0.6 is 0 Å². The van der Waals surface area contributed by atoms with Crippen molar-refractivity contribution < 1.29 is 4.92 Å². The van der Waals surface area contributed by atoms with E-state index in [4.69, 9.17) is 5.73 Å². The van der Waals surface area contributed by atoms with Crippen molar-refractivity contribution in [2.75, 3.05) is 18.8 Å². The Balaban J connectivity index is 2.32. The average Bonchev–Trinajstić information content (AvgIpc) is 2.54. The number of nitro groups is 1. The van der Waals surface area contributed by atoms with Crippen molar-refractivity contribution >= 4 is 11.4 Å². The standard InChI is InChI=1S/C12H18N4O2/c1-12(5-2-6-14-15-8-12)9-3-4-11(16(17)18)10(13)7-9/h3-4,7,14-15H,2,5-6,8,13H2,1H3. The summed E-state index contributed by atoms with van der Waals surface area (Å²) < 4.78 is 0. The Morgan fingerprint density at radius 1 is 1.44 bits per heavy atom. The molecular weight excluding hydrogens is 232 g/mol. The molecule has 0 bridgehead atoms. The van der Waals surface area contributed by atoms with Crippen LogP contribution in [0.25, 0.3) is 0 Å². The van der Waals surface area contributed by atoms with E-state index in [9.17, 15) is 10.1 Å². The van der Waals surface area contributed by atoms with E-state index < -0.39 is 4.92 Å². The second kappa shape index (κ2) is 4.91. The normalized spacial score (nSPS) is 24.5. The monoisotopic (exact) mass is 250 g/mol. The molecule has 1 unspecified atom stereocenters. The van der Waals surface area contributed by atoms with Crippen LogP contribution in [0.3, 0.4) is 0 Å². The maximum Gasteiger partial charge on any atom is 0.292 e. The zero-order chi connectivity index (χ0) is 13.2. The lowest BCUT2D eigenvalue weighted by Gasteiger charge is -2.28. The van der Waals surface area contributed by atoms with Gasteiger partial charge in [0.05, 0.1) is 4.92 Å². The molecule has 1 heterocycles. The van der Waals surface area contributed by atoms with Crippen molar-refractivity contribution in [1.82, 2.24) is 10.9 Å². The highest BCUT2D eigenvalue weighted by Crippen LogP contribution is 2.33. The Morgan fingerprint density at radius 2 is 2.22 bits per heavy atom. The minimum Gasteiger partial charge on any atom is -0.393 e. The minimum atomic E-state index is -0.450. The van der Waals surface area contributed by atoms with E-state index in [1.54, 1.807) is 6.07 Å². The molecule has 4 N–H and O–H groups in total. The lowest BCUT2D eigenvalue weighted by Crippen LogP contribution is -2.39. The first kappa shape index (κ1) is 12.8. The number of nitro benzene ring substituents is 1. The highest BCUT2D eigenvalue weighted by atomic mass is 16.6. The third-order valence-corrected chi connectivity index (χ3v) is 3.56. The summed E-state index contributed by atoms with van der Waals surface area (Å²) in [7, 11) is 0. The van der Waals surface area contributed by atoms with Gasteiger partial charge in [0.2, 0.25) is 0 Å². The van der Waals surface area contributed by atoms with Gasteiger partial charge in [-0.3, -0.25) is 21.0 Å². The largest absolute Gasteiger partial charge is 0.393 e. The van der Waals surface area contributed by atoms with Gasteiger partial charge >= 0.3 is 0 Å². The molecule has 0 saturated carbocycles. The van der Waals surface area contributed by atoms with Crippen molar-refractivity contribution in [3.8, 4) is 0 Å². The summed E-state index contributed by atoms with van der Waals surface area (Å²) in [4.78, 5) is 10.3. The molecule has 1 aromatic carbocycles. The van der Waals surface area contributed by atoms with Gasteiger partial charge < -0.3 is 5.73 Å². The maximum absolute atomic E-state index is 10.7. The Bertz CT molecular complexity index is 453. The van der Waals surface area contributed by atoms with Crippen LogP contribution in [0, 0.1) is 10.1 Å². The molecule has 0 aliphatic carbocycles. The van der Waals surface area contributed by atoms with E-state index >= 15 is 0 Å². The Morgan fingerprint density at radius 3 is 2.89 bits per heavy atom. The van der Waals surface area contributed by atoms with Crippen LogP contribution in [0.5, 0.6) is 0 Å². The molecule has 6 nitrogen and oxygen atoms in total. The predicted molar refractivity (Wildman–Crippen MR) is 70.1 cm³/mol. The van der Waals surface area contributed by atoms with Gasteiger partial charge in [0.1, 0.15) is 5.69 Å². The lowest BCUT2D eigenvalue weighted by atomic mass is 9.78. The molecular formula is C12H18N4O2. The topological polar surface area (TPSA) is 93.2 Å². The molecule has 0 aromatic heterocycles. The first-order valence-corrected chi connectivity index (χ1v) is 6.03. The van der Waals surface area contributed by atoms with E-state index in [2.05, 4.69) is 17.8 Å². The van der Waals surface area contributed by atoms with E-state index in [0.717, 1.165) is 31.5 Å². The number of anilines is 1. The average molecular weight is 250 g/mol. The van der Waals surface area contributed by atoms with Crippen LogP contribution in [-0.2, 0) is 5.41 Å². The molecule has 1 saturated heterocycles. The molecule has 1 aromatic rings. The van der Waals surface area contributed by atoms with Crippen LogP contribution in [-0.4, -0.2) is 18.0 Å². The van der Waals surface area contributed by atoms with Crippen LogP contribution in [0.15, 0.2) is 18.2 Å². The van der Waals surface area contributed by atoms with Gasteiger partial charge in [-0.05, 0) is 24.5 Å². The molecule has 2 rings (SSSR count). The van der Waals surface area contributed by atoms with Gasteiger partial charge in [0.25, 0.3) is 5.69 Å². The highest BCUT2D eigenvalue weighted by Gasteiger charge is 2.29. The molecule has 0 amide bonds. The summed E-state index contributed by atoms with van der Waals surface area (Å²) in [6, 6.07) is 5.03. The Kier molecular flexibility index (Phi) is 3.49. The summed E-state index contributed by atoms with van der Waals surface area (Å²) in [6.07, 6.45) is 2.07. The predicted octanol–water partition coefficient (Wildman–Crippen LogP) is 1.32. The fraction of sp³-hybridized carbons (Fsp3) is 0.500. The number of benzene rings is 1. The van der Waals surface area contributed by atoms with Crippen molar-refractivity contribution in [2.24, 2.45) is 0 Å². The van der Waals surface area contributed by atoms with Gasteiger partial charge in [0.15, 0.2) is 0 Å². The van der Waals surface area contributed by atoms with E-state index in [1.807, 2.05) is 6.07 Å². The summed E-state index contributed by atoms with van der Waals surface area (Å²) >= 11 is 0. The quantitative estimate of drug-likeness (QED) is 0.418. The zero-order valence-corrected chi connectivity index (χ0v) is 10.4. The fourth-order valence-electron chi connectivity index (χ4n) is 2.34. The third-order valence-electron chi connectivity index (χ3n) is 3.56. The summed E-state index contributed by atoms with van der Waals surface area (Å²) in [6.45, 7) is 3.86. The minimum absolute atomic E-state index is 0.0259. The van der Waals surface area contributed by atoms with Gasteiger partial charge in [-0.2, -0.15) is 0 Å². The molecule has 1 fully saturated rings. The molecule has 18 heavy (non-hydrogen) atoms. The first-order valence-electron chi connectivity index (χ1n) is 6.03. The van der Waals surface area contributed by atoms with E-state index in [-0.39, 0.29) is 16.8 Å². The van der Waals surface area contributed by atoms with Crippen molar-refractivity contribution in [3.05, 3.63) is 33.9 Å². The third kappa shape index (κ3) is 2.44. The number of nitrogens with one attached hydrogen (secondary N) is 2. The van der Waals surface area contributed by atoms with Crippen molar-refractivity contribution in [1.29, 1.82) is 0 Å². The van der Waals surface area contributed by atoms with Crippen LogP contribution in [0.2, 0.25) is 0 Å². The summed E-state index contributed by atoms with van der Waals surface area (Å²) in [5.74, 6) is 0. The Labute approximate surface area is 106 Å². The van der Waals surface area contributed by atoms with Crippen LogP contribution in [0.4, 0.5) is 11.4 Å². The first-order chi connectivity index (χ1) is 8.53. The molecule has 1 atom stereocenters. The van der Waals surface area contributed by atoms with Gasteiger partial charge in [0, 0.05) is 24.6 Å². The second-order valence-electron chi connectivity index (χ2n) is 4.98. The van der Waals surface area contributed by atoms with Crippen LogP contribution < -0.4 is 16.6 Å². The number of rotatable bonds is 2. The molecule has 1 aliphatic rings. The summed E-state index contributed by atoms with van der Waals surface area (Å²) in [5, 5.41) is 10.7. The zero-order valence-electron chi connectivity index (χ0n) is 10.4. The SMILES string of the molecule is CC1(c2ccc([N+](=O)[O-])c(N)c2)CCCNNC1. The van der Waals surface area contributed by atoms with Gasteiger partial charge in [-0.25, -0.2) is 0 Å². The van der Waals surface area contributed by atoms with E-state index in [0.29, 0.717) is 0 Å². The van der Waals surface area contributed by atoms with Crippen molar-refractivity contribution in [2.45, 2.75) is 25.2 Å². The smallest absolute Gasteiger partial charge is 0.292 e. The van der Waals surface area contributed by atoms with Crippen molar-refractivity contribution in [3.63, 3.8) is 0 Å². The number of nitrogens with two attached hydrogens (primary N) is 1. The number of hydrogen-bond donors (Lipinski definition) is 3. The van der Waals surface area contributed by atoms with E-state index in [1.165, 1.54) is 6.07 Å². The second-order valence-corrected chi connectivity index (χ2v) is 4.98. The fourth-order valence-corrected chi connectivity index (χ4v) is 2.34. The lowest BCUT2D eigenvalue weighted by molar-refractivity contribution is -0.383. The molecule has 98 valence electrons. The number of nitrogens with zero attached hydrogens (tertiary/aromatic N) is 1. The highest BCUT2D eigenvalue weighted by molar-refractivity contribution is 5.60.